The summed E-state index contributed by atoms with van der Waals surface area (Å²) in [5, 5.41) is 11.7. The highest BCUT2D eigenvalue weighted by Gasteiger charge is 2.40. The average Bonchev–Trinajstić information content (AvgIpc) is 3.04. The highest BCUT2D eigenvalue weighted by Crippen LogP contribution is 2.45. The molecular formula is C28H28Br2ClN3O3+2. The number of hydrogen-bond donors (Lipinski definition) is 1. The number of aryl methyl sites for hydroxylation is 1. The molecule has 1 atom stereocenters. The van der Waals surface area contributed by atoms with E-state index < -0.39 is 0 Å². The number of carbonyl (C=O) groups is 2. The Balaban J connectivity index is 1.38. The molecule has 192 valence electrons. The minimum atomic E-state index is -0.0625. The topological polar surface area (TPSA) is 65.4 Å². The Morgan fingerprint density at radius 3 is 2.49 bits per heavy atom. The van der Waals surface area contributed by atoms with E-state index in [0.29, 0.717) is 24.5 Å². The maximum Gasteiger partial charge on any atom is 0.389 e. The van der Waals surface area contributed by atoms with Crippen LogP contribution in [0.3, 0.4) is 0 Å². The molecule has 1 N–H and O–H groups in total. The third-order valence-corrected chi connectivity index (χ3v) is 9.50. The fourth-order valence-corrected chi connectivity index (χ4v) is 6.95. The summed E-state index contributed by atoms with van der Waals surface area (Å²) in [6.45, 7) is 2.84. The molecule has 9 heteroatoms. The second-order valence-corrected chi connectivity index (χ2v) is 12.0. The highest BCUT2D eigenvalue weighted by atomic mass is 79.9. The first-order chi connectivity index (χ1) is 17.7. The molecule has 2 aliphatic rings. The number of likely N-dealkylation sites (tertiary alicyclic amines) is 1. The average molecular weight is 650 g/mol. The second-order valence-electron chi connectivity index (χ2n) is 9.85. The minimum Gasteiger partial charge on any atom is -0.342 e. The van der Waals surface area contributed by atoms with E-state index in [1.165, 1.54) is 27.3 Å². The van der Waals surface area contributed by atoms with Crippen LogP contribution >= 0.6 is 43.5 Å². The van der Waals surface area contributed by atoms with Crippen molar-refractivity contribution in [1.82, 2.24) is 4.90 Å². The van der Waals surface area contributed by atoms with Crippen LogP contribution in [0.2, 0.25) is 5.02 Å². The van der Waals surface area contributed by atoms with Gasteiger partial charge in [0.15, 0.2) is 12.4 Å². The van der Waals surface area contributed by atoms with Gasteiger partial charge >= 0.3 is 5.91 Å². The summed E-state index contributed by atoms with van der Waals surface area (Å²) in [4.78, 5) is 26.5. The van der Waals surface area contributed by atoms with Crippen molar-refractivity contribution in [3.8, 4) is 0 Å². The Bertz CT molecular complexity index is 1370. The van der Waals surface area contributed by atoms with Gasteiger partial charge < -0.3 is 4.90 Å². The van der Waals surface area contributed by atoms with Crippen LogP contribution in [0.25, 0.3) is 0 Å². The van der Waals surface area contributed by atoms with Gasteiger partial charge in [0.2, 0.25) is 17.8 Å². The van der Waals surface area contributed by atoms with E-state index in [1.807, 2.05) is 23.1 Å². The quantitative estimate of drug-likeness (QED) is 0.319. The largest absolute Gasteiger partial charge is 0.389 e. The number of aromatic nitrogens is 2. The Labute approximate surface area is 238 Å². The van der Waals surface area contributed by atoms with E-state index in [1.54, 1.807) is 18.6 Å². The molecule has 1 aliphatic carbocycles. The van der Waals surface area contributed by atoms with Gasteiger partial charge in [0.25, 0.3) is 0 Å². The molecule has 0 radical (unpaired) electrons. The molecule has 1 aliphatic heterocycles. The van der Waals surface area contributed by atoms with Crippen molar-refractivity contribution in [2.45, 2.75) is 44.9 Å². The Morgan fingerprint density at radius 2 is 1.81 bits per heavy atom. The van der Waals surface area contributed by atoms with Gasteiger partial charge in [0.05, 0.1) is 28.8 Å². The number of hydrogen-bond acceptors (Lipinski definition) is 3. The summed E-state index contributed by atoms with van der Waals surface area (Å²) in [6, 6.07) is 9.78. The van der Waals surface area contributed by atoms with Gasteiger partial charge in [-0.2, -0.15) is 0 Å². The van der Waals surface area contributed by atoms with E-state index in [0.717, 1.165) is 51.4 Å². The van der Waals surface area contributed by atoms with Crippen molar-refractivity contribution >= 4 is 55.3 Å². The Morgan fingerprint density at radius 1 is 1.11 bits per heavy atom. The molecule has 0 unspecified atom stereocenters. The summed E-state index contributed by atoms with van der Waals surface area (Å²) >= 11 is 13.7. The Hall–Kier alpha value is -2.29. The standard InChI is InChI=1S/C28H28Br2ClN3O3/c1-17(35)32-10-6-18(7-11-32)14-25(36)33-12-8-19(9-13-33)26-22-4-5-24(31)27(30)23(22)3-2-20-15-21(29)16-34(37)28(20)26/h4-7,10-11,15-16,19,26,37H,2-3,8-9,12-14H2,1H3/q+2/t26-/m0/s1. The number of rotatable bonds is 3. The van der Waals surface area contributed by atoms with E-state index in [2.05, 4.69) is 44.0 Å². The first kappa shape index (κ1) is 26.3. The molecule has 1 fully saturated rings. The number of nitrogens with zero attached hydrogens (tertiary/aromatic N) is 3. The zero-order valence-electron chi connectivity index (χ0n) is 20.5. The molecule has 0 spiro atoms. The summed E-state index contributed by atoms with van der Waals surface area (Å²) < 4.78 is 4.54. The van der Waals surface area contributed by atoms with Gasteiger partial charge in [0, 0.05) is 40.0 Å². The fraction of sp³-hybridized carbons (Fsp3) is 0.357. The van der Waals surface area contributed by atoms with Crippen LogP contribution in [0.15, 0.2) is 57.9 Å². The number of piperidine rings is 1. The number of amides is 1. The summed E-state index contributed by atoms with van der Waals surface area (Å²) in [7, 11) is 0. The molecule has 0 bridgehead atoms. The Kier molecular flexibility index (Phi) is 7.70. The minimum absolute atomic E-state index is 0.00688. The molecule has 1 aromatic carbocycles. The maximum atomic E-state index is 13.1. The lowest BCUT2D eigenvalue weighted by atomic mass is 9.76. The predicted octanol–water partition coefficient (Wildman–Crippen LogP) is 5.05. The van der Waals surface area contributed by atoms with Gasteiger partial charge in [0.1, 0.15) is 0 Å². The summed E-state index contributed by atoms with van der Waals surface area (Å²) in [5.41, 5.74) is 5.31. The maximum absolute atomic E-state index is 13.1. The van der Waals surface area contributed by atoms with Crippen LogP contribution in [0.4, 0.5) is 0 Å². The summed E-state index contributed by atoms with van der Waals surface area (Å²) in [5.74, 6) is 0.287. The number of pyridine rings is 2. The fourth-order valence-electron chi connectivity index (χ4n) is 5.74. The summed E-state index contributed by atoms with van der Waals surface area (Å²) in [6.07, 6.45) is 8.72. The molecule has 6 nitrogen and oxygen atoms in total. The highest BCUT2D eigenvalue weighted by molar-refractivity contribution is 9.10. The molecule has 37 heavy (non-hydrogen) atoms. The lowest BCUT2D eigenvalue weighted by Crippen LogP contribution is -2.44. The zero-order chi connectivity index (χ0) is 26.3. The number of carbonyl (C=O) groups excluding carboxylic acids is 2. The lowest BCUT2D eigenvalue weighted by Gasteiger charge is -2.35. The van der Waals surface area contributed by atoms with Crippen LogP contribution in [0.5, 0.6) is 0 Å². The van der Waals surface area contributed by atoms with Crippen molar-refractivity contribution in [3.63, 3.8) is 0 Å². The van der Waals surface area contributed by atoms with Crippen molar-refractivity contribution < 1.29 is 24.1 Å². The SMILES string of the molecule is CC(=O)[n+]1ccc(CC(=O)N2CCC([C@H]3c4ccc(Cl)c(Br)c4CCc4cc(Br)c[n+](O)c43)CC2)cc1. The van der Waals surface area contributed by atoms with Crippen LogP contribution in [-0.2, 0) is 24.1 Å². The predicted molar refractivity (Wildman–Crippen MR) is 146 cm³/mol. The molecule has 1 saturated heterocycles. The molecule has 5 rings (SSSR count). The van der Waals surface area contributed by atoms with E-state index in [-0.39, 0.29) is 23.7 Å². The number of benzene rings is 1. The first-order valence-electron chi connectivity index (χ1n) is 12.4. The van der Waals surface area contributed by atoms with Crippen LogP contribution < -0.4 is 9.30 Å². The van der Waals surface area contributed by atoms with E-state index in [9.17, 15) is 14.8 Å². The van der Waals surface area contributed by atoms with Crippen molar-refractivity contribution in [2.75, 3.05) is 13.1 Å². The third-order valence-electron chi connectivity index (χ3n) is 7.62. The van der Waals surface area contributed by atoms with E-state index in [4.69, 9.17) is 11.6 Å². The van der Waals surface area contributed by atoms with E-state index >= 15 is 0 Å². The smallest absolute Gasteiger partial charge is 0.342 e. The molecule has 0 saturated carbocycles. The van der Waals surface area contributed by atoms with Gasteiger partial charge in [-0.3, -0.25) is 10.0 Å². The van der Waals surface area contributed by atoms with Gasteiger partial charge in [-0.25, -0.2) is 4.79 Å². The number of fused-ring (bicyclic) bond motifs is 2. The molecule has 2 aromatic heterocycles. The van der Waals surface area contributed by atoms with Crippen LogP contribution in [-0.4, -0.2) is 35.0 Å². The molecule has 3 heterocycles. The normalized spacial score (nSPS) is 17.6. The van der Waals surface area contributed by atoms with Crippen molar-refractivity contribution in [2.24, 2.45) is 5.92 Å². The van der Waals surface area contributed by atoms with Gasteiger partial charge in [-0.05, 0) is 92.3 Å². The third kappa shape index (κ3) is 5.33. The van der Waals surface area contributed by atoms with Crippen LogP contribution in [0.1, 0.15) is 58.4 Å². The molecule has 3 aromatic rings. The zero-order valence-corrected chi connectivity index (χ0v) is 24.4. The lowest BCUT2D eigenvalue weighted by molar-refractivity contribution is -0.911. The van der Waals surface area contributed by atoms with Crippen molar-refractivity contribution in [3.05, 3.63) is 90.8 Å². The number of halogens is 3. The van der Waals surface area contributed by atoms with Gasteiger partial charge in [-0.15, -0.1) is 4.57 Å². The molecule has 1 amide bonds. The van der Waals surface area contributed by atoms with Gasteiger partial charge in [-0.1, -0.05) is 17.7 Å². The monoisotopic (exact) mass is 647 g/mol. The van der Waals surface area contributed by atoms with Crippen LogP contribution in [0, 0.1) is 5.92 Å². The molecular weight excluding hydrogens is 622 g/mol. The van der Waals surface area contributed by atoms with Crippen molar-refractivity contribution in [1.29, 1.82) is 0 Å². The first-order valence-corrected chi connectivity index (χ1v) is 14.4. The second kappa shape index (κ2) is 10.8.